The summed E-state index contributed by atoms with van der Waals surface area (Å²) in [5, 5.41) is 16.4. The third kappa shape index (κ3) is 2.14. The van der Waals surface area contributed by atoms with Crippen molar-refractivity contribution >= 4 is 11.3 Å². The molecular formula is C11H16N4O. The lowest BCUT2D eigenvalue weighted by Gasteiger charge is -2.26. The van der Waals surface area contributed by atoms with Crippen LogP contribution in [0.4, 0.5) is 5.82 Å². The van der Waals surface area contributed by atoms with Crippen LogP contribution in [0.3, 0.4) is 0 Å². The van der Waals surface area contributed by atoms with Crippen LogP contribution >= 0.6 is 0 Å². The van der Waals surface area contributed by atoms with Crippen LogP contribution in [-0.4, -0.2) is 31.9 Å². The molecule has 0 radical (unpaired) electrons. The van der Waals surface area contributed by atoms with E-state index >= 15 is 0 Å². The van der Waals surface area contributed by atoms with Gasteiger partial charge >= 0.3 is 0 Å². The minimum atomic E-state index is -0.187. The Balaban J connectivity index is 2.30. The van der Waals surface area contributed by atoms with Crippen molar-refractivity contribution in [2.75, 3.05) is 11.9 Å². The van der Waals surface area contributed by atoms with Crippen molar-refractivity contribution in [1.82, 2.24) is 14.6 Å². The SMILES string of the molecule is CC(C)(CCO)Nc1nccn2nccc12. The average molecular weight is 220 g/mol. The molecule has 0 aliphatic heterocycles. The normalized spacial score (nSPS) is 11.9. The summed E-state index contributed by atoms with van der Waals surface area (Å²) in [7, 11) is 0. The van der Waals surface area contributed by atoms with Crippen LogP contribution in [-0.2, 0) is 0 Å². The van der Waals surface area contributed by atoms with E-state index in [1.807, 2.05) is 19.9 Å². The lowest BCUT2D eigenvalue weighted by atomic mass is 10.0. The van der Waals surface area contributed by atoms with E-state index in [2.05, 4.69) is 15.4 Å². The molecule has 0 amide bonds. The highest BCUT2D eigenvalue weighted by Gasteiger charge is 2.18. The quantitative estimate of drug-likeness (QED) is 0.815. The van der Waals surface area contributed by atoms with Gasteiger partial charge in [0.05, 0.1) is 6.20 Å². The molecule has 0 aliphatic rings. The minimum Gasteiger partial charge on any atom is -0.396 e. The van der Waals surface area contributed by atoms with Gasteiger partial charge in [0.2, 0.25) is 0 Å². The zero-order chi connectivity index (χ0) is 11.6. The molecule has 0 bridgehead atoms. The van der Waals surface area contributed by atoms with E-state index in [9.17, 15) is 0 Å². The Kier molecular flexibility index (Phi) is 2.78. The van der Waals surface area contributed by atoms with Crippen molar-refractivity contribution in [3.8, 4) is 0 Å². The van der Waals surface area contributed by atoms with E-state index in [0.717, 1.165) is 11.3 Å². The number of aliphatic hydroxyl groups is 1. The first-order valence-corrected chi connectivity index (χ1v) is 5.30. The Bertz CT molecular complexity index is 478. The van der Waals surface area contributed by atoms with Gasteiger partial charge in [-0.3, -0.25) is 0 Å². The Labute approximate surface area is 94.1 Å². The molecule has 16 heavy (non-hydrogen) atoms. The summed E-state index contributed by atoms with van der Waals surface area (Å²) in [4.78, 5) is 4.29. The van der Waals surface area contributed by atoms with Crippen LogP contribution in [0.2, 0.25) is 0 Å². The number of aliphatic hydroxyl groups excluding tert-OH is 1. The highest BCUT2D eigenvalue weighted by Crippen LogP contribution is 2.19. The first-order chi connectivity index (χ1) is 7.62. The molecular weight excluding hydrogens is 204 g/mol. The fraction of sp³-hybridized carbons (Fsp3) is 0.455. The molecule has 0 fully saturated rings. The summed E-state index contributed by atoms with van der Waals surface area (Å²) in [5.74, 6) is 0.790. The van der Waals surface area contributed by atoms with Gasteiger partial charge in [0, 0.05) is 24.5 Å². The predicted octanol–water partition coefficient (Wildman–Crippen LogP) is 1.30. The van der Waals surface area contributed by atoms with Crippen molar-refractivity contribution < 1.29 is 5.11 Å². The summed E-state index contributed by atoms with van der Waals surface area (Å²) in [6.45, 7) is 4.22. The van der Waals surface area contributed by atoms with E-state index < -0.39 is 0 Å². The smallest absolute Gasteiger partial charge is 0.152 e. The molecule has 0 atom stereocenters. The molecule has 0 aliphatic carbocycles. The maximum atomic E-state index is 8.98. The first-order valence-electron chi connectivity index (χ1n) is 5.30. The Morgan fingerprint density at radius 2 is 2.25 bits per heavy atom. The van der Waals surface area contributed by atoms with Crippen LogP contribution in [0.15, 0.2) is 24.7 Å². The molecule has 0 saturated carbocycles. The molecule has 2 rings (SSSR count). The molecule has 2 N–H and O–H groups in total. The molecule has 0 unspecified atom stereocenters. The van der Waals surface area contributed by atoms with Crippen molar-refractivity contribution in [2.24, 2.45) is 0 Å². The first kappa shape index (κ1) is 10.9. The number of anilines is 1. The number of nitrogens with one attached hydrogen (secondary N) is 1. The predicted molar refractivity (Wildman–Crippen MR) is 62.4 cm³/mol. The fourth-order valence-electron chi connectivity index (χ4n) is 1.62. The molecule has 2 heterocycles. The van der Waals surface area contributed by atoms with Crippen LogP contribution in [0.25, 0.3) is 5.52 Å². The van der Waals surface area contributed by atoms with Crippen LogP contribution in [0.5, 0.6) is 0 Å². The van der Waals surface area contributed by atoms with E-state index in [-0.39, 0.29) is 12.1 Å². The Morgan fingerprint density at radius 1 is 1.44 bits per heavy atom. The molecule has 2 aromatic heterocycles. The zero-order valence-electron chi connectivity index (χ0n) is 9.51. The molecule has 2 aromatic rings. The summed E-state index contributed by atoms with van der Waals surface area (Å²) < 4.78 is 1.77. The van der Waals surface area contributed by atoms with Gasteiger partial charge in [0.15, 0.2) is 5.82 Å². The van der Waals surface area contributed by atoms with Gasteiger partial charge in [-0.05, 0) is 26.3 Å². The van der Waals surface area contributed by atoms with Crippen molar-refractivity contribution in [1.29, 1.82) is 0 Å². The number of hydrogen-bond acceptors (Lipinski definition) is 4. The number of rotatable bonds is 4. The average Bonchev–Trinajstić information content (AvgIpc) is 2.65. The largest absolute Gasteiger partial charge is 0.396 e. The standard InChI is InChI=1S/C11H16N4O/c1-11(2,4-8-16)14-10-9-3-5-13-15(9)7-6-12-10/h3,5-7,16H,4,8H2,1-2H3,(H,12,14). The number of fused-ring (bicyclic) bond motifs is 1. The molecule has 86 valence electrons. The Morgan fingerprint density at radius 3 is 3.00 bits per heavy atom. The van der Waals surface area contributed by atoms with E-state index in [4.69, 9.17) is 5.11 Å². The van der Waals surface area contributed by atoms with Gasteiger partial charge in [-0.15, -0.1) is 0 Å². The molecule has 0 saturated heterocycles. The molecule has 5 heteroatoms. The summed E-state index contributed by atoms with van der Waals surface area (Å²) in [6.07, 6.45) is 5.92. The second kappa shape index (κ2) is 4.09. The van der Waals surface area contributed by atoms with Gasteiger partial charge in [0.25, 0.3) is 0 Å². The second-order valence-corrected chi connectivity index (χ2v) is 4.42. The lowest BCUT2D eigenvalue weighted by molar-refractivity contribution is 0.260. The van der Waals surface area contributed by atoms with Gasteiger partial charge in [-0.25, -0.2) is 9.50 Å². The number of aromatic nitrogens is 3. The highest BCUT2D eigenvalue weighted by molar-refractivity contribution is 5.67. The topological polar surface area (TPSA) is 62.5 Å². The zero-order valence-corrected chi connectivity index (χ0v) is 9.51. The third-order valence-electron chi connectivity index (χ3n) is 2.52. The molecule has 0 spiro atoms. The summed E-state index contributed by atoms with van der Waals surface area (Å²) in [6, 6.07) is 1.91. The third-order valence-corrected chi connectivity index (χ3v) is 2.52. The van der Waals surface area contributed by atoms with Crippen molar-refractivity contribution in [2.45, 2.75) is 25.8 Å². The van der Waals surface area contributed by atoms with E-state index in [1.54, 1.807) is 23.1 Å². The van der Waals surface area contributed by atoms with Gasteiger partial charge < -0.3 is 10.4 Å². The lowest BCUT2D eigenvalue weighted by Crippen LogP contribution is -2.32. The maximum Gasteiger partial charge on any atom is 0.152 e. The monoisotopic (exact) mass is 220 g/mol. The van der Waals surface area contributed by atoms with Crippen molar-refractivity contribution in [3.63, 3.8) is 0 Å². The Hall–Kier alpha value is -1.62. The fourth-order valence-corrected chi connectivity index (χ4v) is 1.62. The summed E-state index contributed by atoms with van der Waals surface area (Å²) in [5.41, 5.74) is 0.752. The van der Waals surface area contributed by atoms with Crippen LogP contribution in [0, 0.1) is 0 Å². The van der Waals surface area contributed by atoms with Crippen LogP contribution < -0.4 is 5.32 Å². The maximum absolute atomic E-state index is 8.98. The molecule has 0 aromatic carbocycles. The van der Waals surface area contributed by atoms with Gasteiger partial charge in [-0.2, -0.15) is 5.10 Å². The van der Waals surface area contributed by atoms with Crippen LogP contribution in [0.1, 0.15) is 20.3 Å². The van der Waals surface area contributed by atoms with Crippen molar-refractivity contribution in [3.05, 3.63) is 24.7 Å². The minimum absolute atomic E-state index is 0.155. The number of nitrogens with zero attached hydrogens (tertiary/aromatic N) is 3. The summed E-state index contributed by atoms with van der Waals surface area (Å²) >= 11 is 0. The number of hydrogen-bond donors (Lipinski definition) is 2. The second-order valence-electron chi connectivity index (χ2n) is 4.42. The van der Waals surface area contributed by atoms with Gasteiger partial charge in [0.1, 0.15) is 5.52 Å². The molecule has 5 nitrogen and oxygen atoms in total. The van der Waals surface area contributed by atoms with E-state index in [0.29, 0.717) is 6.42 Å². The van der Waals surface area contributed by atoms with Gasteiger partial charge in [-0.1, -0.05) is 0 Å². The van der Waals surface area contributed by atoms with E-state index in [1.165, 1.54) is 0 Å². The highest BCUT2D eigenvalue weighted by atomic mass is 16.3.